The fraction of sp³-hybridized carbons (Fsp3) is 1.00. The standard InChI is InChI=1S/C3H9NO3S/c1-3(2-4)8(5,6)7/h3H,2,4H2,1H3,(H,5,6,7). The van der Waals surface area contributed by atoms with Crippen molar-refractivity contribution in [2.45, 2.75) is 12.2 Å². The molecule has 4 nitrogen and oxygen atoms in total. The number of nitrogens with two attached hydrogens (primary N) is 1. The predicted octanol–water partition coefficient (Wildman–Crippen LogP) is -0.779. The molecule has 0 bridgehead atoms. The first-order chi connectivity index (χ1) is 3.48. The van der Waals surface area contributed by atoms with E-state index in [9.17, 15) is 8.42 Å². The van der Waals surface area contributed by atoms with Gasteiger partial charge < -0.3 is 5.73 Å². The smallest absolute Gasteiger partial charge is 0.268 e. The molecule has 0 heterocycles. The summed E-state index contributed by atoms with van der Waals surface area (Å²) in [4.78, 5) is 0. The number of hydrogen-bond donors (Lipinski definition) is 2. The van der Waals surface area contributed by atoms with Crippen LogP contribution in [0, 0.1) is 0 Å². The topological polar surface area (TPSA) is 80.4 Å². The van der Waals surface area contributed by atoms with E-state index in [0.29, 0.717) is 0 Å². The number of rotatable bonds is 2. The number of hydrogen-bond acceptors (Lipinski definition) is 3. The van der Waals surface area contributed by atoms with Crippen LogP contribution >= 0.6 is 0 Å². The van der Waals surface area contributed by atoms with E-state index in [0.717, 1.165) is 0 Å². The van der Waals surface area contributed by atoms with Crippen molar-refractivity contribution in [1.29, 1.82) is 0 Å². The molecular formula is C3H9NO3S. The zero-order chi connectivity index (χ0) is 6.78. The minimum Gasteiger partial charge on any atom is -0.329 e. The Kier molecular flexibility index (Phi) is 2.39. The van der Waals surface area contributed by atoms with Crippen molar-refractivity contribution in [3.63, 3.8) is 0 Å². The molecule has 0 fully saturated rings. The van der Waals surface area contributed by atoms with Gasteiger partial charge in [0.25, 0.3) is 10.1 Å². The molecule has 0 aromatic carbocycles. The zero-order valence-electron chi connectivity index (χ0n) is 4.53. The van der Waals surface area contributed by atoms with Gasteiger partial charge in [-0.25, -0.2) is 0 Å². The lowest BCUT2D eigenvalue weighted by molar-refractivity contribution is 0.471. The van der Waals surface area contributed by atoms with Crippen molar-refractivity contribution in [2.75, 3.05) is 6.54 Å². The zero-order valence-corrected chi connectivity index (χ0v) is 5.35. The molecule has 0 rings (SSSR count). The molecule has 0 aliphatic heterocycles. The highest BCUT2D eigenvalue weighted by Crippen LogP contribution is 1.91. The van der Waals surface area contributed by atoms with Crippen LogP contribution in [0.1, 0.15) is 6.92 Å². The third kappa shape index (κ3) is 2.25. The Labute approximate surface area is 48.4 Å². The average Bonchev–Trinajstić information content (AvgIpc) is 1.62. The Morgan fingerprint density at radius 3 is 2.12 bits per heavy atom. The molecule has 0 aromatic heterocycles. The normalized spacial score (nSPS) is 15.9. The molecule has 8 heavy (non-hydrogen) atoms. The Morgan fingerprint density at radius 2 is 2.12 bits per heavy atom. The van der Waals surface area contributed by atoms with Crippen LogP contribution in [-0.4, -0.2) is 24.8 Å². The maximum Gasteiger partial charge on any atom is 0.268 e. The summed E-state index contributed by atoms with van der Waals surface area (Å²) in [6, 6.07) is 0. The van der Waals surface area contributed by atoms with Crippen molar-refractivity contribution in [1.82, 2.24) is 0 Å². The second-order valence-corrected chi connectivity index (χ2v) is 3.40. The van der Waals surface area contributed by atoms with E-state index in [4.69, 9.17) is 10.3 Å². The van der Waals surface area contributed by atoms with E-state index in [-0.39, 0.29) is 6.54 Å². The van der Waals surface area contributed by atoms with Gasteiger partial charge in [0.1, 0.15) is 0 Å². The molecule has 0 aliphatic carbocycles. The minimum atomic E-state index is -3.88. The van der Waals surface area contributed by atoms with Gasteiger partial charge in [0.2, 0.25) is 0 Å². The molecule has 1 atom stereocenters. The summed E-state index contributed by atoms with van der Waals surface area (Å²) in [5.74, 6) is 0. The van der Waals surface area contributed by atoms with Gasteiger partial charge in [-0.3, -0.25) is 4.55 Å². The van der Waals surface area contributed by atoms with Crippen LogP contribution in [0.2, 0.25) is 0 Å². The molecule has 3 N–H and O–H groups in total. The molecule has 50 valence electrons. The lowest BCUT2D eigenvalue weighted by Crippen LogP contribution is -2.25. The van der Waals surface area contributed by atoms with Crippen LogP contribution in [0.3, 0.4) is 0 Å². The average molecular weight is 139 g/mol. The lowest BCUT2D eigenvalue weighted by atomic mass is 10.5. The second-order valence-electron chi connectivity index (χ2n) is 1.56. The molecule has 0 saturated heterocycles. The van der Waals surface area contributed by atoms with Crippen molar-refractivity contribution >= 4 is 10.1 Å². The highest BCUT2D eigenvalue weighted by Gasteiger charge is 2.13. The van der Waals surface area contributed by atoms with Crippen LogP contribution in [0.4, 0.5) is 0 Å². The Bertz CT molecular complexity index is 150. The summed E-state index contributed by atoms with van der Waals surface area (Å²) < 4.78 is 28.3. The van der Waals surface area contributed by atoms with E-state index >= 15 is 0 Å². The Hall–Kier alpha value is -0.130. The molecule has 0 spiro atoms. The van der Waals surface area contributed by atoms with Gasteiger partial charge in [0, 0.05) is 6.54 Å². The molecule has 0 radical (unpaired) electrons. The first kappa shape index (κ1) is 7.87. The molecule has 0 aromatic rings. The van der Waals surface area contributed by atoms with E-state index in [2.05, 4.69) is 0 Å². The van der Waals surface area contributed by atoms with Crippen LogP contribution in [0.15, 0.2) is 0 Å². The Morgan fingerprint density at radius 1 is 1.75 bits per heavy atom. The van der Waals surface area contributed by atoms with E-state index in [1.54, 1.807) is 0 Å². The second kappa shape index (κ2) is 2.43. The fourth-order valence-electron chi connectivity index (χ4n) is 0.122. The maximum absolute atomic E-state index is 10.0. The highest BCUT2D eigenvalue weighted by atomic mass is 32.2. The Balaban J connectivity index is 4.04. The monoisotopic (exact) mass is 139 g/mol. The molecule has 0 amide bonds. The molecule has 5 heteroatoms. The summed E-state index contributed by atoms with van der Waals surface area (Å²) >= 11 is 0. The summed E-state index contributed by atoms with van der Waals surface area (Å²) in [5.41, 5.74) is 4.92. The predicted molar refractivity (Wildman–Crippen MR) is 30.1 cm³/mol. The first-order valence-corrected chi connectivity index (χ1v) is 3.65. The largest absolute Gasteiger partial charge is 0.329 e. The third-order valence-electron chi connectivity index (χ3n) is 0.840. The van der Waals surface area contributed by atoms with E-state index in [1.807, 2.05) is 0 Å². The SMILES string of the molecule is CC(CN)S(=O)(=O)O. The van der Waals surface area contributed by atoms with Gasteiger partial charge in [-0.1, -0.05) is 0 Å². The van der Waals surface area contributed by atoms with E-state index in [1.165, 1.54) is 6.92 Å². The summed E-state index contributed by atoms with van der Waals surface area (Å²) in [5, 5.41) is -0.845. The quantitative estimate of drug-likeness (QED) is 0.492. The van der Waals surface area contributed by atoms with Gasteiger partial charge in [-0.2, -0.15) is 8.42 Å². The summed E-state index contributed by atoms with van der Waals surface area (Å²) in [6.07, 6.45) is 0. The minimum absolute atomic E-state index is 0.0428. The van der Waals surface area contributed by atoms with Crippen LogP contribution < -0.4 is 5.73 Å². The molecule has 1 unspecified atom stereocenters. The lowest BCUT2D eigenvalue weighted by Gasteiger charge is -2.00. The first-order valence-electron chi connectivity index (χ1n) is 2.15. The van der Waals surface area contributed by atoms with Crippen molar-refractivity contribution < 1.29 is 13.0 Å². The van der Waals surface area contributed by atoms with Gasteiger partial charge in [0.05, 0.1) is 5.25 Å². The van der Waals surface area contributed by atoms with Gasteiger partial charge >= 0.3 is 0 Å². The molecule has 0 saturated carbocycles. The molecular weight excluding hydrogens is 130 g/mol. The maximum atomic E-state index is 10.0. The molecule has 0 aliphatic rings. The fourth-order valence-corrected chi connectivity index (χ4v) is 0.365. The van der Waals surface area contributed by atoms with Crippen LogP contribution in [-0.2, 0) is 10.1 Å². The van der Waals surface area contributed by atoms with Crippen LogP contribution in [0.5, 0.6) is 0 Å². The summed E-state index contributed by atoms with van der Waals surface area (Å²) in [6.45, 7) is 1.30. The third-order valence-corrected chi connectivity index (χ3v) is 2.05. The van der Waals surface area contributed by atoms with E-state index < -0.39 is 15.4 Å². The van der Waals surface area contributed by atoms with Crippen molar-refractivity contribution in [2.24, 2.45) is 5.73 Å². The van der Waals surface area contributed by atoms with Crippen molar-refractivity contribution in [3.8, 4) is 0 Å². The van der Waals surface area contributed by atoms with Gasteiger partial charge in [-0.05, 0) is 6.92 Å². The van der Waals surface area contributed by atoms with Crippen LogP contribution in [0.25, 0.3) is 0 Å². The van der Waals surface area contributed by atoms with Gasteiger partial charge in [-0.15, -0.1) is 0 Å². The highest BCUT2D eigenvalue weighted by molar-refractivity contribution is 7.86. The van der Waals surface area contributed by atoms with Gasteiger partial charge in [0.15, 0.2) is 0 Å². The van der Waals surface area contributed by atoms with Crippen molar-refractivity contribution in [3.05, 3.63) is 0 Å². The summed E-state index contributed by atoms with van der Waals surface area (Å²) in [7, 11) is -3.88.